The van der Waals surface area contributed by atoms with Gasteiger partial charge in [-0.25, -0.2) is 0 Å². The lowest BCUT2D eigenvalue weighted by molar-refractivity contribution is -0.155. The molecule has 1 aromatic carbocycles. The van der Waals surface area contributed by atoms with E-state index in [4.69, 9.17) is 0 Å². The zero-order valence-electron chi connectivity index (χ0n) is 15.9. The molecule has 0 unspecified atom stereocenters. The number of carbonyl (C=O) groups is 3. The van der Waals surface area contributed by atoms with Crippen LogP contribution in [-0.4, -0.2) is 36.0 Å². The van der Waals surface area contributed by atoms with Crippen molar-refractivity contribution in [2.75, 3.05) is 13.6 Å². The van der Waals surface area contributed by atoms with Crippen LogP contribution in [-0.2, 0) is 14.4 Å². The van der Waals surface area contributed by atoms with E-state index in [0.29, 0.717) is 13.0 Å². The number of nitrogens with zero attached hydrogens (tertiary/aromatic N) is 1. The summed E-state index contributed by atoms with van der Waals surface area (Å²) in [7, 11) is 1.76. The molecule has 0 N–H and O–H groups in total. The number of hydrogen-bond acceptors (Lipinski definition) is 3. The van der Waals surface area contributed by atoms with Gasteiger partial charge in [0.2, 0.25) is 5.91 Å². The number of benzene rings is 1. The van der Waals surface area contributed by atoms with Crippen LogP contribution in [0.3, 0.4) is 0 Å². The molecule has 4 heteroatoms. The molecule has 4 nitrogen and oxygen atoms in total. The van der Waals surface area contributed by atoms with Crippen molar-refractivity contribution in [3.05, 3.63) is 34.4 Å². The van der Waals surface area contributed by atoms with Crippen molar-refractivity contribution in [1.82, 2.24) is 4.90 Å². The summed E-state index contributed by atoms with van der Waals surface area (Å²) in [5.41, 5.74) is 2.71. The molecule has 0 aromatic heterocycles. The molecule has 1 aliphatic carbocycles. The van der Waals surface area contributed by atoms with Crippen molar-refractivity contribution >= 4 is 17.5 Å². The van der Waals surface area contributed by atoms with Gasteiger partial charge in [0.15, 0.2) is 0 Å². The average molecular weight is 351 g/mol. The molecule has 0 atom stereocenters. The van der Waals surface area contributed by atoms with Crippen LogP contribution < -0.4 is 0 Å². The molecule has 2 aliphatic rings. The highest BCUT2D eigenvalue weighted by atomic mass is 16.2. The van der Waals surface area contributed by atoms with Crippen LogP contribution >= 0.6 is 0 Å². The van der Waals surface area contributed by atoms with Gasteiger partial charge in [0.25, 0.3) is 0 Å². The Morgan fingerprint density at radius 1 is 1.08 bits per heavy atom. The summed E-state index contributed by atoms with van der Waals surface area (Å²) < 4.78 is 0. The molecule has 0 radical (unpaired) electrons. The van der Waals surface area contributed by atoms with E-state index in [1.54, 1.807) is 18.9 Å². The number of Topliss-reactive ketones (excluding diaryl/α,β-unsaturated/α-hetero) is 2. The lowest BCUT2D eigenvalue weighted by Crippen LogP contribution is -2.52. The molecule has 3 rings (SSSR count). The monoisotopic (exact) mass is 351 g/mol. The molecule has 1 amide bonds. The van der Waals surface area contributed by atoms with Gasteiger partial charge in [0, 0.05) is 32.0 Å². The van der Waals surface area contributed by atoms with Gasteiger partial charge in [-0.2, -0.15) is 0 Å². The second-order valence-corrected chi connectivity index (χ2v) is 7.73. The predicted molar refractivity (Wildman–Crippen MR) is 99.8 cm³/mol. The minimum atomic E-state index is -0.812. The summed E-state index contributed by atoms with van der Waals surface area (Å²) in [5, 5.41) is 0. The maximum Gasteiger partial charge on any atom is 0.229 e. The topological polar surface area (TPSA) is 54.5 Å². The van der Waals surface area contributed by atoms with Crippen LogP contribution in [0.15, 0.2) is 12.1 Å². The van der Waals surface area contributed by atoms with Crippen molar-refractivity contribution in [3.63, 3.8) is 0 Å². The number of hydrogen-bond donors (Lipinski definition) is 0. The van der Waals surface area contributed by atoms with Crippen molar-refractivity contribution in [1.29, 1.82) is 0 Å². The molecule has 1 aliphatic heterocycles. The molecule has 1 saturated heterocycles. The number of amides is 1. The SMILES string of the molecule is CC#Cc1cc(C)c(C2C(=O)CC3(CCCN(C)C3=O)CC2=O)c(C)c1. The fraction of sp³-hybridized carbons (Fsp3) is 0.500. The molecule has 0 bridgehead atoms. The predicted octanol–water partition coefficient (Wildman–Crippen LogP) is 2.93. The van der Waals surface area contributed by atoms with Crippen molar-refractivity contribution in [2.45, 2.75) is 52.4 Å². The smallest absolute Gasteiger partial charge is 0.229 e. The summed E-state index contributed by atoms with van der Waals surface area (Å²) in [6.45, 7) is 6.33. The summed E-state index contributed by atoms with van der Waals surface area (Å²) >= 11 is 0. The molecule has 26 heavy (non-hydrogen) atoms. The third kappa shape index (κ3) is 2.96. The highest BCUT2D eigenvalue weighted by Crippen LogP contribution is 2.46. The Morgan fingerprint density at radius 2 is 1.65 bits per heavy atom. The normalized spacial score (nSPS) is 26.1. The molecule has 1 heterocycles. The number of likely N-dealkylation sites (tertiary alicyclic amines) is 1. The third-order valence-corrected chi connectivity index (χ3v) is 5.77. The van der Waals surface area contributed by atoms with Gasteiger partial charge in [-0.15, -0.1) is 5.92 Å². The number of ketones is 2. The fourth-order valence-corrected chi connectivity index (χ4v) is 4.68. The van der Waals surface area contributed by atoms with E-state index in [-0.39, 0.29) is 30.3 Å². The molecule has 1 aromatic rings. The van der Waals surface area contributed by atoms with Gasteiger partial charge in [-0.3, -0.25) is 14.4 Å². The fourth-order valence-electron chi connectivity index (χ4n) is 4.68. The van der Waals surface area contributed by atoms with E-state index in [2.05, 4.69) is 11.8 Å². The highest BCUT2D eigenvalue weighted by molar-refractivity contribution is 6.13. The van der Waals surface area contributed by atoms with Crippen molar-refractivity contribution in [2.24, 2.45) is 5.41 Å². The maximum atomic E-state index is 13.0. The van der Waals surface area contributed by atoms with Crippen LogP contribution in [0.25, 0.3) is 0 Å². The largest absolute Gasteiger partial charge is 0.345 e. The second-order valence-electron chi connectivity index (χ2n) is 7.73. The van der Waals surface area contributed by atoms with E-state index in [0.717, 1.165) is 28.7 Å². The maximum absolute atomic E-state index is 13.0. The van der Waals surface area contributed by atoms with Crippen molar-refractivity contribution in [3.8, 4) is 11.8 Å². The van der Waals surface area contributed by atoms with Gasteiger partial charge >= 0.3 is 0 Å². The number of rotatable bonds is 1. The standard InChI is InChI=1S/C22H25NO3/c1-5-7-16-10-14(2)19(15(3)11-16)20-17(24)12-22(13-18(20)25)8-6-9-23(4)21(22)26/h10-11,20H,6,8-9,12-13H2,1-4H3. The molecule has 2 fully saturated rings. The molecule has 1 saturated carbocycles. The quantitative estimate of drug-likeness (QED) is 0.577. The van der Waals surface area contributed by atoms with Crippen molar-refractivity contribution < 1.29 is 14.4 Å². The lowest BCUT2D eigenvalue weighted by atomic mass is 9.63. The van der Waals surface area contributed by atoms with Crippen LogP contribution in [0.1, 0.15) is 60.8 Å². The number of piperidine rings is 1. The third-order valence-electron chi connectivity index (χ3n) is 5.77. The Morgan fingerprint density at radius 3 is 2.19 bits per heavy atom. The zero-order chi connectivity index (χ0) is 19.1. The first-order valence-electron chi connectivity index (χ1n) is 9.14. The number of aryl methyl sites for hydroxylation is 2. The van der Waals surface area contributed by atoms with E-state index < -0.39 is 11.3 Å². The first-order chi connectivity index (χ1) is 12.3. The molecule has 136 valence electrons. The first kappa shape index (κ1) is 18.4. The van der Waals surface area contributed by atoms with E-state index >= 15 is 0 Å². The van der Waals surface area contributed by atoms with E-state index in [1.165, 1.54) is 0 Å². The van der Waals surface area contributed by atoms with Gasteiger partial charge in [-0.1, -0.05) is 5.92 Å². The average Bonchev–Trinajstić information content (AvgIpc) is 2.55. The summed E-state index contributed by atoms with van der Waals surface area (Å²) in [4.78, 5) is 40.4. The first-order valence-corrected chi connectivity index (χ1v) is 9.14. The molecular formula is C22H25NO3. The summed E-state index contributed by atoms with van der Waals surface area (Å²) in [6, 6.07) is 3.87. The van der Waals surface area contributed by atoms with E-state index in [1.807, 2.05) is 26.0 Å². The van der Waals surface area contributed by atoms with Crippen LogP contribution in [0.5, 0.6) is 0 Å². The summed E-state index contributed by atoms with van der Waals surface area (Å²) in [6.07, 6.45) is 1.81. The lowest BCUT2D eigenvalue weighted by Gasteiger charge is -2.43. The van der Waals surface area contributed by atoms with Crippen LogP contribution in [0.2, 0.25) is 0 Å². The van der Waals surface area contributed by atoms with Crippen LogP contribution in [0, 0.1) is 31.1 Å². The molecular weight excluding hydrogens is 326 g/mol. The van der Waals surface area contributed by atoms with E-state index in [9.17, 15) is 14.4 Å². The minimum Gasteiger partial charge on any atom is -0.345 e. The van der Waals surface area contributed by atoms with Crippen LogP contribution in [0.4, 0.5) is 0 Å². The summed E-state index contributed by atoms with van der Waals surface area (Å²) in [5.74, 6) is 4.87. The Hall–Kier alpha value is -2.41. The highest BCUT2D eigenvalue weighted by Gasteiger charge is 2.52. The minimum absolute atomic E-state index is 0.0501. The zero-order valence-corrected chi connectivity index (χ0v) is 15.9. The van der Waals surface area contributed by atoms with Gasteiger partial charge in [0.1, 0.15) is 17.5 Å². The molecule has 1 spiro atoms. The second kappa shape index (κ2) is 6.72. The Labute approximate surface area is 155 Å². The Balaban J connectivity index is 1.97. The Bertz CT molecular complexity index is 815. The van der Waals surface area contributed by atoms with Gasteiger partial charge in [0.05, 0.1) is 5.41 Å². The Kier molecular flexibility index (Phi) is 4.75. The number of carbonyl (C=O) groups excluding carboxylic acids is 3. The van der Waals surface area contributed by atoms with Gasteiger partial charge < -0.3 is 4.90 Å². The van der Waals surface area contributed by atoms with Gasteiger partial charge in [-0.05, 0) is 62.4 Å².